The molecule has 1 aliphatic carbocycles. The molecule has 2 aromatic carbocycles. The molecular formula is C20H18O4. The third kappa shape index (κ3) is 2.58. The van der Waals surface area contributed by atoms with Gasteiger partial charge in [0, 0.05) is 12.8 Å². The first-order valence-electron chi connectivity index (χ1n) is 8.33. The molecule has 0 amide bonds. The highest BCUT2D eigenvalue weighted by Gasteiger charge is 2.46. The van der Waals surface area contributed by atoms with Crippen LogP contribution in [0.4, 0.5) is 0 Å². The van der Waals surface area contributed by atoms with Crippen molar-refractivity contribution in [1.29, 1.82) is 0 Å². The van der Waals surface area contributed by atoms with Gasteiger partial charge in [0.25, 0.3) is 5.79 Å². The summed E-state index contributed by atoms with van der Waals surface area (Å²) >= 11 is 0. The first-order valence-corrected chi connectivity index (χ1v) is 8.33. The van der Waals surface area contributed by atoms with E-state index in [1.54, 1.807) is 6.08 Å². The molecule has 0 atom stereocenters. The number of fused-ring (bicyclic) bond motifs is 1. The van der Waals surface area contributed by atoms with Gasteiger partial charge in [-0.25, -0.2) is 9.59 Å². The van der Waals surface area contributed by atoms with E-state index in [1.807, 2.05) is 42.5 Å². The highest BCUT2D eigenvalue weighted by Crippen LogP contribution is 2.37. The molecule has 0 radical (unpaired) electrons. The van der Waals surface area contributed by atoms with Crippen molar-refractivity contribution in [2.45, 2.75) is 37.9 Å². The Labute approximate surface area is 140 Å². The lowest BCUT2D eigenvalue weighted by Gasteiger charge is -2.38. The molecule has 2 aromatic rings. The Kier molecular flexibility index (Phi) is 3.60. The van der Waals surface area contributed by atoms with Gasteiger partial charge in [0.1, 0.15) is 5.57 Å². The minimum atomic E-state index is -1.04. The Hall–Kier alpha value is -2.62. The first kappa shape index (κ1) is 14.9. The van der Waals surface area contributed by atoms with Gasteiger partial charge in [-0.05, 0) is 35.3 Å². The Balaban J connectivity index is 1.70. The Morgan fingerprint density at radius 2 is 1.50 bits per heavy atom. The topological polar surface area (TPSA) is 52.6 Å². The molecule has 4 nitrogen and oxygen atoms in total. The lowest BCUT2D eigenvalue weighted by Crippen LogP contribution is -2.47. The fourth-order valence-electron chi connectivity index (χ4n) is 3.50. The number of hydrogen-bond acceptors (Lipinski definition) is 4. The molecule has 122 valence electrons. The van der Waals surface area contributed by atoms with E-state index >= 15 is 0 Å². The van der Waals surface area contributed by atoms with E-state index in [4.69, 9.17) is 9.47 Å². The van der Waals surface area contributed by atoms with Crippen molar-refractivity contribution < 1.29 is 19.1 Å². The van der Waals surface area contributed by atoms with Crippen LogP contribution in [0.2, 0.25) is 0 Å². The molecule has 4 heteroatoms. The quantitative estimate of drug-likeness (QED) is 0.453. The third-order valence-corrected chi connectivity index (χ3v) is 4.74. The van der Waals surface area contributed by atoms with E-state index in [-0.39, 0.29) is 5.57 Å². The molecule has 2 aliphatic rings. The van der Waals surface area contributed by atoms with E-state index in [1.165, 1.54) is 0 Å². The number of carbonyl (C=O) groups excluding carboxylic acids is 2. The number of rotatable bonds is 1. The van der Waals surface area contributed by atoms with Crippen molar-refractivity contribution in [2.24, 2.45) is 0 Å². The van der Waals surface area contributed by atoms with Crippen LogP contribution in [-0.4, -0.2) is 17.7 Å². The molecule has 1 saturated carbocycles. The average Bonchev–Trinajstić information content (AvgIpc) is 2.59. The number of ether oxygens (including phenoxy) is 2. The summed E-state index contributed by atoms with van der Waals surface area (Å²) in [6, 6.07) is 13.6. The van der Waals surface area contributed by atoms with Gasteiger partial charge in [0.05, 0.1) is 0 Å². The van der Waals surface area contributed by atoms with Crippen LogP contribution in [0.25, 0.3) is 16.8 Å². The van der Waals surface area contributed by atoms with Crippen LogP contribution in [0, 0.1) is 0 Å². The number of carbonyl (C=O) groups is 2. The van der Waals surface area contributed by atoms with Crippen LogP contribution in [0.1, 0.15) is 37.7 Å². The molecule has 0 bridgehead atoms. The van der Waals surface area contributed by atoms with Crippen LogP contribution in [-0.2, 0) is 19.1 Å². The molecule has 2 fully saturated rings. The van der Waals surface area contributed by atoms with Crippen LogP contribution in [0.5, 0.6) is 0 Å². The number of esters is 2. The van der Waals surface area contributed by atoms with E-state index in [2.05, 4.69) is 0 Å². The second-order valence-corrected chi connectivity index (χ2v) is 6.38. The number of hydrogen-bond donors (Lipinski definition) is 0. The van der Waals surface area contributed by atoms with Crippen molar-refractivity contribution in [2.75, 3.05) is 0 Å². The zero-order valence-corrected chi connectivity index (χ0v) is 13.3. The molecule has 4 rings (SSSR count). The second kappa shape index (κ2) is 5.78. The molecule has 1 saturated heterocycles. The maximum atomic E-state index is 12.4. The minimum Gasteiger partial charge on any atom is -0.419 e. The van der Waals surface area contributed by atoms with Gasteiger partial charge in [-0.15, -0.1) is 0 Å². The predicted octanol–water partition coefficient (Wildman–Crippen LogP) is 3.98. The largest absolute Gasteiger partial charge is 0.419 e. The highest BCUT2D eigenvalue weighted by molar-refractivity contribution is 6.19. The van der Waals surface area contributed by atoms with Crippen molar-refractivity contribution in [1.82, 2.24) is 0 Å². The van der Waals surface area contributed by atoms with Crippen molar-refractivity contribution in [3.8, 4) is 0 Å². The summed E-state index contributed by atoms with van der Waals surface area (Å²) in [6.45, 7) is 0. The van der Waals surface area contributed by atoms with E-state index in [0.717, 1.165) is 35.6 Å². The third-order valence-electron chi connectivity index (χ3n) is 4.74. The lowest BCUT2D eigenvalue weighted by molar-refractivity contribution is -0.244. The molecule has 0 unspecified atom stereocenters. The fraction of sp³-hybridized carbons (Fsp3) is 0.300. The van der Waals surface area contributed by atoms with Crippen molar-refractivity contribution in [3.63, 3.8) is 0 Å². The van der Waals surface area contributed by atoms with E-state index in [0.29, 0.717) is 12.8 Å². The van der Waals surface area contributed by atoms with Gasteiger partial charge in [0.2, 0.25) is 0 Å². The van der Waals surface area contributed by atoms with Crippen LogP contribution < -0.4 is 0 Å². The predicted molar refractivity (Wildman–Crippen MR) is 89.9 cm³/mol. The average molecular weight is 322 g/mol. The van der Waals surface area contributed by atoms with Crippen LogP contribution in [0.15, 0.2) is 48.0 Å². The molecule has 24 heavy (non-hydrogen) atoms. The lowest BCUT2D eigenvalue weighted by atomic mass is 9.93. The summed E-state index contributed by atoms with van der Waals surface area (Å²) in [5.74, 6) is -2.20. The van der Waals surface area contributed by atoms with Crippen LogP contribution >= 0.6 is 0 Å². The minimum absolute atomic E-state index is 0.0393. The molecular weight excluding hydrogens is 304 g/mol. The van der Waals surface area contributed by atoms with Gasteiger partial charge in [0.15, 0.2) is 0 Å². The summed E-state index contributed by atoms with van der Waals surface area (Å²) < 4.78 is 11.1. The van der Waals surface area contributed by atoms with Gasteiger partial charge in [-0.1, -0.05) is 48.9 Å². The second-order valence-electron chi connectivity index (χ2n) is 6.38. The maximum Gasteiger partial charge on any atom is 0.348 e. The smallest absolute Gasteiger partial charge is 0.348 e. The van der Waals surface area contributed by atoms with E-state index in [9.17, 15) is 9.59 Å². The Bertz CT molecular complexity index is 816. The molecule has 1 aliphatic heterocycles. The highest BCUT2D eigenvalue weighted by atomic mass is 16.7. The van der Waals surface area contributed by atoms with Gasteiger partial charge >= 0.3 is 11.9 Å². The maximum absolute atomic E-state index is 12.4. The van der Waals surface area contributed by atoms with Crippen molar-refractivity contribution >= 4 is 28.8 Å². The number of benzene rings is 2. The SMILES string of the molecule is O=C1OC2(CCCCC2)OC(=O)C1=Cc1cccc2ccccc12. The van der Waals surface area contributed by atoms with Gasteiger partial charge in [-0.2, -0.15) is 0 Å². The molecule has 0 N–H and O–H groups in total. The van der Waals surface area contributed by atoms with Crippen molar-refractivity contribution in [3.05, 3.63) is 53.6 Å². The molecule has 0 aromatic heterocycles. The zero-order chi connectivity index (χ0) is 16.6. The normalized spacial score (nSPS) is 19.9. The fourth-order valence-corrected chi connectivity index (χ4v) is 3.50. The Morgan fingerprint density at radius 3 is 2.25 bits per heavy atom. The monoisotopic (exact) mass is 322 g/mol. The zero-order valence-electron chi connectivity index (χ0n) is 13.3. The standard InChI is InChI=1S/C20H18O4/c21-18-17(19(22)24-20(23-18)11-4-1-5-12-20)13-15-9-6-8-14-7-2-3-10-16(14)15/h2-3,6-10,13H,1,4-5,11-12H2. The molecule has 1 spiro atoms. The summed E-state index contributed by atoms with van der Waals surface area (Å²) in [5.41, 5.74) is 0.763. The first-order chi connectivity index (χ1) is 11.7. The molecule has 1 heterocycles. The summed E-state index contributed by atoms with van der Waals surface area (Å²) in [6.07, 6.45) is 5.64. The Morgan fingerprint density at radius 1 is 0.833 bits per heavy atom. The summed E-state index contributed by atoms with van der Waals surface area (Å²) in [4.78, 5) is 24.9. The van der Waals surface area contributed by atoms with Crippen LogP contribution in [0.3, 0.4) is 0 Å². The van der Waals surface area contributed by atoms with E-state index < -0.39 is 17.7 Å². The van der Waals surface area contributed by atoms with Gasteiger partial charge < -0.3 is 9.47 Å². The summed E-state index contributed by atoms with van der Waals surface area (Å²) in [7, 11) is 0. The summed E-state index contributed by atoms with van der Waals surface area (Å²) in [5, 5.41) is 2.03. The van der Waals surface area contributed by atoms with Gasteiger partial charge in [-0.3, -0.25) is 0 Å².